The second-order valence-electron chi connectivity index (χ2n) is 13.2. The lowest BCUT2D eigenvalue weighted by Gasteiger charge is -2.38. The molecule has 2 aliphatic carbocycles. The summed E-state index contributed by atoms with van der Waals surface area (Å²) in [5.41, 5.74) is 3.77. The van der Waals surface area contributed by atoms with Crippen LogP contribution in [-0.2, 0) is 6.42 Å². The van der Waals surface area contributed by atoms with Gasteiger partial charge >= 0.3 is 0 Å². The Morgan fingerprint density at radius 1 is 0.698 bits per heavy atom. The van der Waals surface area contributed by atoms with Gasteiger partial charge in [0, 0.05) is 5.56 Å². The van der Waals surface area contributed by atoms with Crippen LogP contribution >= 0.6 is 0 Å². The zero-order chi connectivity index (χ0) is 30.2. The summed E-state index contributed by atoms with van der Waals surface area (Å²) in [6.07, 6.45) is 20.8. The van der Waals surface area contributed by atoms with E-state index in [0.717, 1.165) is 47.3 Å². The quantitative estimate of drug-likeness (QED) is 0.155. The van der Waals surface area contributed by atoms with Crippen LogP contribution < -0.4 is 0 Å². The Bertz CT molecular complexity index is 1340. The maximum absolute atomic E-state index is 15.4. The standard InChI is InChI=1S/C40H49F3/c1-3-5-7-9-28-11-13-29(14-12-28)30-15-19-32(20-16-30)36-25-24-35(27-38(36)41)31-17-21-33(22-18-31)37-26-23-34(10-8-6-4-2)39(42)40(37)43/h4,6,17-18,21-30,32H,3,5,7-16,19-20H2,1-2H3. The third-order valence-corrected chi connectivity index (χ3v) is 10.5. The monoisotopic (exact) mass is 586 g/mol. The van der Waals surface area contributed by atoms with Crippen LogP contribution in [0.4, 0.5) is 13.2 Å². The van der Waals surface area contributed by atoms with Gasteiger partial charge in [0.1, 0.15) is 5.82 Å². The Hall–Kier alpha value is -2.81. The Morgan fingerprint density at radius 2 is 1.35 bits per heavy atom. The summed E-state index contributed by atoms with van der Waals surface area (Å²) >= 11 is 0. The minimum Gasteiger partial charge on any atom is -0.207 e. The molecule has 3 heteroatoms. The predicted molar refractivity (Wildman–Crippen MR) is 175 cm³/mol. The molecule has 0 unspecified atom stereocenters. The SMILES string of the molecule is CC=CCCc1ccc(-c2ccc(-c3ccc(C4CCC(C5CCC(CCCCC)CC5)CC4)c(F)c3)cc2)c(F)c1F. The number of allylic oxidation sites excluding steroid dienone is 2. The molecular weight excluding hydrogens is 537 g/mol. The van der Waals surface area contributed by atoms with Gasteiger partial charge in [-0.1, -0.05) is 106 Å². The van der Waals surface area contributed by atoms with Crippen LogP contribution in [0, 0.1) is 35.2 Å². The number of benzene rings is 3. The van der Waals surface area contributed by atoms with Crippen molar-refractivity contribution < 1.29 is 13.2 Å². The van der Waals surface area contributed by atoms with Gasteiger partial charge in [-0.25, -0.2) is 13.2 Å². The van der Waals surface area contributed by atoms with Gasteiger partial charge in [0.05, 0.1) is 0 Å². The number of halogens is 3. The largest absolute Gasteiger partial charge is 0.207 e. The molecule has 3 aromatic carbocycles. The first-order chi connectivity index (χ1) is 21.0. The Morgan fingerprint density at radius 3 is 2.00 bits per heavy atom. The molecule has 2 fully saturated rings. The summed E-state index contributed by atoms with van der Waals surface area (Å²) in [6.45, 7) is 4.20. The van der Waals surface area contributed by atoms with Crippen molar-refractivity contribution in [2.45, 2.75) is 110 Å². The summed E-state index contributed by atoms with van der Waals surface area (Å²) in [4.78, 5) is 0. The molecule has 0 saturated heterocycles. The van der Waals surface area contributed by atoms with E-state index in [1.54, 1.807) is 30.3 Å². The first kappa shape index (κ1) is 31.6. The third-order valence-electron chi connectivity index (χ3n) is 10.5. The maximum atomic E-state index is 15.4. The van der Waals surface area contributed by atoms with Crippen molar-refractivity contribution in [3.8, 4) is 22.3 Å². The minimum atomic E-state index is -0.814. The summed E-state index contributed by atoms with van der Waals surface area (Å²) < 4.78 is 45.0. The van der Waals surface area contributed by atoms with Crippen molar-refractivity contribution in [2.75, 3.05) is 0 Å². The van der Waals surface area contributed by atoms with Gasteiger partial charge in [0.25, 0.3) is 0 Å². The molecule has 0 atom stereocenters. The van der Waals surface area contributed by atoms with Crippen molar-refractivity contribution in [3.05, 3.63) is 95.3 Å². The van der Waals surface area contributed by atoms with Gasteiger partial charge in [0.2, 0.25) is 0 Å². The van der Waals surface area contributed by atoms with Crippen LogP contribution in [0.1, 0.15) is 114 Å². The molecule has 230 valence electrons. The molecule has 5 rings (SSSR count). The van der Waals surface area contributed by atoms with Gasteiger partial charge in [-0.05, 0) is 116 Å². The topological polar surface area (TPSA) is 0 Å². The molecular formula is C40H49F3. The Labute approximate surface area is 257 Å². The molecule has 0 heterocycles. The first-order valence-electron chi connectivity index (χ1n) is 17.0. The van der Waals surface area contributed by atoms with Gasteiger partial charge < -0.3 is 0 Å². The lowest BCUT2D eigenvalue weighted by Crippen LogP contribution is -2.25. The molecule has 0 aliphatic heterocycles. The van der Waals surface area contributed by atoms with Gasteiger partial charge in [-0.15, -0.1) is 0 Å². The highest BCUT2D eigenvalue weighted by molar-refractivity contribution is 5.71. The predicted octanol–water partition coefficient (Wildman–Crippen LogP) is 12.6. The molecule has 0 N–H and O–H groups in total. The van der Waals surface area contributed by atoms with Crippen LogP contribution in [-0.4, -0.2) is 0 Å². The summed E-state index contributed by atoms with van der Waals surface area (Å²) in [5, 5.41) is 0. The van der Waals surface area contributed by atoms with Crippen LogP contribution in [0.25, 0.3) is 22.3 Å². The molecule has 2 saturated carbocycles. The summed E-state index contributed by atoms with van der Waals surface area (Å²) in [7, 11) is 0. The normalized spacial score (nSPS) is 22.7. The van der Waals surface area contributed by atoms with Crippen molar-refractivity contribution >= 4 is 0 Å². The smallest absolute Gasteiger partial charge is 0.166 e. The van der Waals surface area contributed by atoms with Crippen molar-refractivity contribution in [1.29, 1.82) is 0 Å². The number of unbranched alkanes of at least 4 members (excludes halogenated alkanes) is 2. The molecule has 0 radical (unpaired) electrons. The van der Waals surface area contributed by atoms with Gasteiger partial charge in [-0.2, -0.15) is 0 Å². The van der Waals surface area contributed by atoms with Crippen LogP contribution in [0.3, 0.4) is 0 Å². The number of hydrogen-bond acceptors (Lipinski definition) is 0. The van der Waals surface area contributed by atoms with Crippen molar-refractivity contribution in [3.63, 3.8) is 0 Å². The molecule has 0 nitrogen and oxygen atoms in total. The third kappa shape index (κ3) is 7.83. The number of hydrogen-bond donors (Lipinski definition) is 0. The van der Waals surface area contributed by atoms with E-state index in [2.05, 4.69) is 6.92 Å². The van der Waals surface area contributed by atoms with Gasteiger partial charge in [-0.3, -0.25) is 0 Å². The fourth-order valence-corrected chi connectivity index (χ4v) is 7.82. The zero-order valence-corrected chi connectivity index (χ0v) is 26.2. The highest BCUT2D eigenvalue weighted by atomic mass is 19.2. The molecule has 43 heavy (non-hydrogen) atoms. The lowest BCUT2D eigenvalue weighted by atomic mass is 9.68. The molecule has 0 spiro atoms. The van der Waals surface area contributed by atoms with Gasteiger partial charge in [0.15, 0.2) is 11.6 Å². The molecule has 0 aromatic heterocycles. The summed E-state index contributed by atoms with van der Waals surface area (Å²) in [5.74, 6) is 1.24. The number of rotatable bonds is 11. The van der Waals surface area contributed by atoms with E-state index in [9.17, 15) is 8.78 Å². The fourth-order valence-electron chi connectivity index (χ4n) is 7.82. The van der Waals surface area contributed by atoms with Crippen molar-refractivity contribution in [1.82, 2.24) is 0 Å². The second kappa shape index (κ2) is 15.3. The number of aryl methyl sites for hydroxylation is 1. The van der Waals surface area contributed by atoms with Crippen LogP contribution in [0.5, 0.6) is 0 Å². The average Bonchev–Trinajstić information content (AvgIpc) is 3.04. The van der Waals surface area contributed by atoms with E-state index < -0.39 is 11.6 Å². The minimum absolute atomic E-state index is 0.126. The molecule has 3 aromatic rings. The van der Waals surface area contributed by atoms with Crippen molar-refractivity contribution in [2.24, 2.45) is 17.8 Å². The highest BCUT2D eigenvalue weighted by Gasteiger charge is 2.32. The molecule has 0 amide bonds. The first-order valence-corrected chi connectivity index (χ1v) is 17.0. The molecule has 0 bridgehead atoms. The lowest BCUT2D eigenvalue weighted by molar-refractivity contribution is 0.155. The van der Waals surface area contributed by atoms with E-state index in [-0.39, 0.29) is 11.4 Å². The zero-order valence-electron chi connectivity index (χ0n) is 26.2. The highest BCUT2D eigenvalue weighted by Crippen LogP contribution is 2.45. The Balaban J connectivity index is 1.17. The van der Waals surface area contributed by atoms with E-state index in [4.69, 9.17) is 0 Å². The van der Waals surface area contributed by atoms with Crippen LogP contribution in [0.15, 0.2) is 66.7 Å². The van der Waals surface area contributed by atoms with E-state index in [0.29, 0.717) is 29.9 Å². The van der Waals surface area contributed by atoms with E-state index in [1.807, 2.05) is 43.3 Å². The Kier molecular flexibility index (Phi) is 11.2. The van der Waals surface area contributed by atoms with E-state index >= 15 is 4.39 Å². The summed E-state index contributed by atoms with van der Waals surface area (Å²) in [6, 6.07) is 16.3. The average molecular weight is 587 g/mol. The molecule has 2 aliphatic rings. The second-order valence-corrected chi connectivity index (χ2v) is 13.2. The van der Waals surface area contributed by atoms with E-state index in [1.165, 1.54) is 64.2 Å². The van der Waals surface area contributed by atoms with Crippen LogP contribution in [0.2, 0.25) is 0 Å². The maximum Gasteiger partial charge on any atom is 0.166 e. The fraction of sp³-hybridized carbons (Fsp3) is 0.500.